The predicted molar refractivity (Wildman–Crippen MR) is 268 cm³/mol. The molecule has 11 rings (SSSR count). The Kier molecular flexibility index (Phi) is 10.7. The van der Waals surface area contributed by atoms with Gasteiger partial charge in [0.25, 0.3) is 0 Å². The van der Waals surface area contributed by atoms with Gasteiger partial charge in [-0.2, -0.15) is 0 Å². The molecule has 3 heteroatoms. The van der Waals surface area contributed by atoms with E-state index in [-0.39, 0.29) is 0 Å². The number of para-hydroxylation sites is 1. The fraction of sp³-hybridized carbons (Fsp3) is 0.200. The van der Waals surface area contributed by atoms with Gasteiger partial charge in [0.15, 0.2) is 0 Å². The summed E-state index contributed by atoms with van der Waals surface area (Å²) in [6, 6.07) is 70.8. The van der Waals surface area contributed by atoms with E-state index >= 15 is 0 Å². The lowest BCUT2D eigenvalue weighted by molar-refractivity contribution is 0.0708. The van der Waals surface area contributed by atoms with E-state index in [1.807, 2.05) is 11.3 Å². The molecule has 9 aromatic rings. The number of ether oxygens (including phenoxy) is 1. The van der Waals surface area contributed by atoms with Crippen LogP contribution >= 0.6 is 11.3 Å². The van der Waals surface area contributed by atoms with Crippen molar-refractivity contribution in [2.24, 2.45) is 23.7 Å². The molecule has 2 aliphatic carbocycles. The number of anilines is 3. The number of hydrogen-bond acceptors (Lipinski definition) is 3. The Morgan fingerprint density at radius 2 is 1.08 bits per heavy atom. The lowest BCUT2D eigenvalue weighted by Crippen LogP contribution is -2.37. The Bertz CT molecular complexity index is 2990. The van der Waals surface area contributed by atoms with Crippen LogP contribution < -0.4 is 9.64 Å². The molecule has 1 heterocycles. The summed E-state index contributed by atoms with van der Waals surface area (Å²) in [5.74, 6) is 5.34. The van der Waals surface area contributed by atoms with E-state index in [9.17, 15) is 0 Å². The van der Waals surface area contributed by atoms with E-state index in [0.717, 1.165) is 40.4 Å². The average Bonchev–Trinajstić information content (AvgIpc) is 3.72. The largest absolute Gasteiger partial charge is 0.457 e. The van der Waals surface area contributed by atoms with Crippen LogP contribution in [0.4, 0.5) is 17.1 Å². The second-order valence-corrected chi connectivity index (χ2v) is 19.2. The van der Waals surface area contributed by atoms with Crippen LogP contribution in [0.25, 0.3) is 53.6 Å². The molecular formula is C60H53NOS. The van der Waals surface area contributed by atoms with Gasteiger partial charge in [-0.25, -0.2) is 0 Å². The highest BCUT2D eigenvalue weighted by Crippen LogP contribution is 2.56. The van der Waals surface area contributed by atoms with E-state index in [4.69, 9.17) is 4.74 Å². The molecule has 310 valence electrons. The Morgan fingerprint density at radius 3 is 1.79 bits per heavy atom. The molecule has 2 saturated carbocycles. The predicted octanol–water partition coefficient (Wildman–Crippen LogP) is 17.9. The highest BCUT2D eigenvalue weighted by Gasteiger charge is 2.43. The molecule has 0 aliphatic heterocycles. The van der Waals surface area contributed by atoms with Crippen molar-refractivity contribution < 1.29 is 4.74 Å². The summed E-state index contributed by atoms with van der Waals surface area (Å²) >= 11 is 1.87. The number of nitrogens with zero attached hydrogens (tertiary/aromatic N) is 1. The van der Waals surface area contributed by atoms with Crippen LogP contribution in [-0.4, -0.2) is 0 Å². The fourth-order valence-electron chi connectivity index (χ4n) is 11.4. The third kappa shape index (κ3) is 7.63. The Labute approximate surface area is 376 Å². The van der Waals surface area contributed by atoms with Gasteiger partial charge in [-0.3, -0.25) is 0 Å². The van der Waals surface area contributed by atoms with Crippen LogP contribution in [0, 0.1) is 23.7 Å². The van der Waals surface area contributed by atoms with E-state index in [1.54, 1.807) is 0 Å². The van der Waals surface area contributed by atoms with Crippen molar-refractivity contribution in [3.8, 4) is 44.9 Å². The molecule has 5 atom stereocenters. The summed E-state index contributed by atoms with van der Waals surface area (Å²) in [7, 11) is 0. The first kappa shape index (κ1) is 39.4. The van der Waals surface area contributed by atoms with Gasteiger partial charge in [0.2, 0.25) is 0 Å². The second-order valence-electron chi connectivity index (χ2n) is 18.1. The molecule has 0 amide bonds. The molecule has 0 spiro atoms. The maximum absolute atomic E-state index is 7.01. The molecule has 1 aromatic heterocycles. The quantitative estimate of drug-likeness (QED) is 0.136. The zero-order chi connectivity index (χ0) is 42.3. The van der Waals surface area contributed by atoms with Crippen molar-refractivity contribution in [1.82, 2.24) is 0 Å². The standard InChI is InChI=1S/C60H53NOS/c1-3-41-37-45-35-40(2)36-46(38-41)59(45)54-34-33-49(39-56(54)62-50-17-8-5-9-18-50)61(47-29-25-43(26-30-47)42-15-6-4-7-16-42)48-31-27-44(28-32-48)51-19-10-11-20-52(51)53-22-14-24-58-60(53)55-21-12-13-23-57(55)63-58/h4-34,39-41,45-46,59H,3,35-38H2,1-2H3/t40-,41+,45+,46-,59?. The van der Waals surface area contributed by atoms with Gasteiger partial charge in [-0.15, -0.1) is 11.3 Å². The molecule has 2 fully saturated rings. The van der Waals surface area contributed by atoms with Gasteiger partial charge in [-0.1, -0.05) is 154 Å². The Balaban J connectivity index is 1.02. The number of fused-ring (bicyclic) bond motifs is 5. The summed E-state index contributed by atoms with van der Waals surface area (Å²) in [4.78, 5) is 2.40. The first-order chi connectivity index (χ1) is 31.1. The van der Waals surface area contributed by atoms with E-state index in [2.05, 4.69) is 213 Å². The minimum atomic E-state index is 0.507. The van der Waals surface area contributed by atoms with Crippen LogP contribution in [-0.2, 0) is 0 Å². The van der Waals surface area contributed by atoms with Gasteiger partial charge in [0, 0.05) is 43.3 Å². The van der Waals surface area contributed by atoms with Crippen molar-refractivity contribution in [1.29, 1.82) is 0 Å². The molecule has 1 unspecified atom stereocenters. The smallest absolute Gasteiger partial charge is 0.133 e. The molecule has 0 radical (unpaired) electrons. The van der Waals surface area contributed by atoms with Crippen molar-refractivity contribution in [2.45, 2.75) is 51.9 Å². The van der Waals surface area contributed by atoms with Crippen molar-refractivity contribution >= 4 is 48.6 Å². The number of hydrogen-bond donors (Lipinski definition) is 0. The molecule has 0 saturated heterocycles. The second kappa shape index (κ2) is 17.0. The monoisotopic (exact) mass is 835 g/mol. The van der Waals surface area contributed by atoms with Crippen LogP contribution in [0.5, 0.6) is 11.5 Å². The summed E-state index contributed by atoms with van der Waals surface area (Å²) in [6.07, 6.45) is 6.54. The van der Waals surface area contributed by atoms with Gasteiger partial charge < -0.3 is 9.64 Å². The Morgan fingerprint density at radius 1 is 0.508 bits per heavy atom. The molecule has 2 nitrogen and oxygen atoms in total. The first-order valence-electron chi connectivity index (χ1n) is 23.0. The normalized spacial score (nSPS) is 19.6. The van der Waals surface area contributed by atoms with Gasteiger partial charge in [0.05, 0.1) is 0 Å². The minimum Gasteiger partial charge on any atom is -0.457 e. The lowest BCUT2D eigenvalue weighted by Gasteiger charge is -2.48. The maximum atomic E-state index is 7.01. The Hall–Kier alpha value is -6.42. The molecule has 2 aliphatic rings. The summed E-state index contributed by atoms with van der Waals surface area (Å²) in [5.41, 5.74) is 12.0. The van der Waals surface area contributed by atoms with E-state index < -0.39 is 0 Å². The van der Waals surface area contributed by atoms with Crippen LogP contribution in [0.2, 0.25) is 0 Å². The van der Waals surface area contributed by atoms with Gasteiger partial charge >= 0.3 is 0 Å². The average molecular weight is 836 g/mol. The van der Waals surface area contributed by atoms with E-state index in [1.165, 1.54) is 91.2 Å². The lowest BCUT2D eigenvalue weighted by atomic mass is 9.57. The van der Waals surface area contributed by atoms with Crippen LogP contribution in [0.3, 0.4) is 0 Å². The molecular weight excluding hydrogens is 783 g/mol. The third-order valence-corrected chi connectivity index (χ3v) is 15.3. The van der Waals surface area contributed by atoms with E-state index in [0.29, 0.717) is 17.8 Å². The van der Waals surface area contributed by atoms with Gasteiger partial charge in [0.1, 0.15) is 11.5 Å². The zero-order valence-corrected chi connectivity index (χ0v) is 37.0. The highest BCUT2D eigenvalue weighted by atomic mass is 32.1. The van der Waals surface area contributed by atoms with Crippen molar-refractivity contribution in [3.63, 3.8) is 0 Å². The molecule has 63 heavy (non-hydrogen) atoms. The molecule has 8 aromatic carbocycles. The van der Waals surface area contributed by atoms with Crippen molar-refractivity contribution in [2.75, 3.05) is 4.90 Å². The SMILES string of the molecule is CC[C@@H]1C[C@H]2C[C@H](C)C[C@@H](C1)C2c1ccc(N(c2ccc(-c3ccccc3)cc2)c2ccc(-c3ccccc3-c3cccc4sc5ccccc5c34)cc2)cc1Oc1ccccc1. The summed E-state index contributed by atoms with van der Waals surface area (Å²) < 4.78 is 9.65. The summed E-state index contributed by atoms with van der Waals surface area (Å²) in [5, 5.41) is 2.65. The van der Waals surface area contributed by atoms with Gasteiger partial charge in [-0.05, 0) is 149 Å². The maximum Gasteiger partial charge on any atom is 0.133 e. The number of thiophene rings is 1. The number of rotatable bonds is 10. The highest BCUT2D eigenvalue weighted by molar-refractivity contribution is 7.25. The van der Waals surface area contributed by atoms with Crippen LogP contribution in [0.15, 0.2) is 194 Å². The first-order valence-corrected chi connectivity index (χ1v) is 23.8. The minimum absolute atomic E-state index is 0.507. The van der Waals surface area contributed by atoms with Crippen LogP contribution in [0.1, 0.15) is 57.4 Å². The zero-order valence-electron chi connectivity index (χ0n) is 36.2. The number of benzene rings is 8. The third-order valence-electron chi connectivity index (χ3n) is 14.1. The summed E-state index contributed by atoms with van der Waals surface area (Å²) in [6.45, 7) is 4.87. The topological polar surface area (TPSA) is 12.5 Å². The molecule has 2 bridgehead atoms. The van der Waals surface area contributed by atoms with Crippen molar-refractivity contribution in [3.05, 3.63) is 200 Å². The fourth-order valence-corrected chi connectivity index (χ4v) is 12.5. The molecule has 0 N–H and O–H groups in total.